The number of halogens is 2. The van der Waals surface area contributed by atoms with E-state index < -0.39 is 0 Å². The monoisotopic (exact) mass is 342 g/mol. The van der Waals surface area contributed by atoms with Crippen molar-refractivity contribution in [3.05, 3.63) is 58.0 Å². The lowest BCUT2D eigenvalue weighted by Gasteiger charge is -2.08. The molecule has 0 aliphatic heterocycles. The van der Waals surface area contributed by atoms with Crippen LogP contribution in [0.4, 0.5) is 0 Å². The molecule has 0 amide bonds. The van der Waals surface area contributed by atoms with Crippen molar-refractivity contribution in [3.8, 4) is 0 Å². The van der Waals surface area contributed by atoms with E-state index in [0.717, 1.165) is 16.7 Å². The molecule has 2 aromatic rings. The fraction of sp³-hybridized carbons (Fsp3) is 0.231. The van der Waals surface area contributed by atoms with Gasteiger partial charge in [-0.2, -0.15) is 0 Å². The van der Waals surface area contributed by atoms with Crippen LogP contribution in [0, 0.1) is 6.92 Å². The molecule has 0 saturated heterocycles. The molecular weight excluding hydrogens is 332 g/mol. The second kappa shape index (κ2) is 5.19. The zero-order chi connectivity index (χ0) is 11.5. The second-order valence-corrected chi connectivity index (χ2v) is 5.79. The van der Waals surface area contributed by atoms with E-state index in [4.69, 9.17) is 4.42 Å². The molecular formula is C13H12Br2O. The Labute approximate surface area is 112 Å². The van der Waals surface area contributed by atoms with E-state index in [1.54, 1.807) is 6.26 Å². The maximum Gasteiger partial charge on any atom is 0.120 e. The molecule has 0 N–H and O–H groups in total. The lowest BCUT2D eigenvalue weighted by molar-refractivity contribution is 0.504. The zero-order valence-electron chi connectivity index (χ0n) is 8.91. The molecule has 2 rings (SSSR count). The Balaban J connectivity index is 2.14. The first-order valence-electron chi connectivity index (χ1n) is 5.09. The summed E-state index contributed by atoms with van der Waals surface area (Å²) in [6, 6.07) is 10.3. The van der Waals surface area contributed by atoms with E-state index >= 15 is 0 Å². The van der Waals surface area contributed by atoms with E-state index in [1.165, 1.54) is 11.1 Å². The highest BCUT2D eigenvalue weighted by Gasteiger charge is 2.14. The van der Waals surface area contributed by atoms with Crippen LogP contribution >= 0.6 is 31.9 Å². The largest absolute Gasteiger partial charge is 0.468 e. The Kier molecular flexibility index (Phi) is 3.87. The van der Waals surface area contributed by atoms with Crippen LogP contribution in [0.25, 0.3) is 0 Å². The summed E-state index contributed by atoms with van der Waals surface area (Å²) in [5, 5.41) is 0. The molecule has 0 saturated carbocycles. The summed E-state index contributed by atoms with van der Waals surface area (Å²) < 4.78 is 6.58. The van der Waals surface area contributed by atoms with Crippen LogP contribution in [-0.4, -0.2) is 0 Å². The third-order valence-corrected chi connectivity index (χ3v) is 3.72. The molecule has 1 heterocycles. The number of hydrogen-bond donors (Lipinski definition) is 0. The average Bonchev–Trinajstić information content (AvgIpc) is 2.64. The number of rotatable bonds is 3. The summed E-state index contributed by atoms with van der Waals surface area (Å²) in [5.74, 6) is 1.01. The molecule has 1 nitrogen and oxygen atoms in total. The Morgan fingerprint density at radius 2 is 2.12 bits per heavy atom. The van der Waals surface area contributed by atoms with Gasteiger partial charge in [0.05, 0.1) is 11.1 Å². The highest BCUT2D eigenvalue weighted by molar-refractivity contribution is 9.10. The van der Waals surface area contributed by atoms with Crippen molar-refractivity contribution in [2.24, 2.45) is 0 Å². The van der Waals surface area contributed by atoms with Gasteiger partial charge in [0.1, 0.15) is 5.76 Å². The number of hydrogen-bond acceptors (Lipinski definition) is 1. The summed E-state index contributed by atoms with van der Waals surface area (Å²) in [7, 11) is 0. The molecule has 1 atom stereocenters. The van der Waals surface area contributed by atoms with Gasteiger partial charge in [0.25, 0.3) is 0 Å². The van der Waals surface area contributed by atoms with Crippen LogP contribution in [0.1, 0.15) is 21.7 Å². The maximum absolute atomic E-state index is 5.47. The minimum absolute atomic E-state index is 0.233. The molecule has 84 valence electrons. The summed E-state index contributed by atoms with van der Waals surface area (Å²) in [5.41, 5.74) is 2.48. The van der Waals surface area contributed by atoms with Crippen molar-refractivity contribution in [1.82, 2.24) is 0 Å². The fourth-order valence-electron chi connectivity index (χ4n) is 1.67. The molecule has 0 aliphatic carbocycles. The van der Waals surface area contributed by atoms with E-state index in [9.17, 15) is 0 Å². The fourth-order valence-corrected chi connectivity index (χ4v) is 2.96. The molecule has 1 aromatic carbocycles. The summed E-state index contributed by atoms with van der Waals surface area (Å²) in [6.45, 7) is 2.06. The van der Waals surface area contributed by atoms with Crippen LogP contribution in [0.3, 0.4) is 0 Å². The van der Waals surface area contributed by atoms with Crippen LogP contribution in [0.2, 0.25) is 0 Å². The predicted octanol–water partition coefficient (Wildman–Crippen LogP) is 5.03. The Morgan fingerprint density at radius 1 is 1.31 bits per heavy atom. The quantitative estimate of drug-likeness (QED) is 0.712. The van der Waals surface area contributed by atoms with Gasteiger partial charge in [-0.05, 0) is 42.7 Å². The number of furan rings is 1. The standard InChI is InChI=1S/C13H12Br2O/c1-9-5-6-16-13(9)12(15)8-10-3-2-4-11(14)7-10/h2-7,12H,8H2,1H3. The van der Waals surface area contributed by atoms with E-state index in [2.05, 4.69) is 50.9 Å². The van der Waals surface area contributed by atoms with Crippen LogP contribution in [-0.2, 0) is 6.42 Å². The molecule has 0 aliphatic rings. The molecule has 0 fully saturated rings. The topological polar surface area (TPSA) is 13.1 Å². The van der Waals surface area contributed by atoms with Crippen molar-refractivity contribution in [2.45, 2.75) is 18.2 Å². The Bertz CT molecular complexity index is 476. The molecule has 16 heavy (non-hydrogen) atoms. The third-order valence-electron chi connectivity index (χ3n) is 2.49. The predicted molar refractivity (Wildman–Crippen MR) is 73.0 cm³/mol. The highest BCUT2D eigenvalue weighted by Crippen LogP contribution is 2.30. The molecule has 3 heteroatoms. The third kappa shape index (κ3) is 2.77. The van der Waals surface area contributed by atoms with E-state index in [0.29, 0.717) is 0 Å². The van der Waals surface area contributed by atoms with Gasteiger partial charge in [0, 0.05) is 4.47 Å². The second-order valence-electron chi connectivity index (χ2n) is 3.77. The van der Waals surface area contributed by atoms with Gasteiger partial charge < -0.3 is 4.42 Å². The summed E-state index contributed by atoms with van der Waals surface area (Å²) >= 11 is 7.14. The lowest BCUT2D eigenvalue weighted by atomic mass is 10.1. The van der Waals surface area contributed by atoms with Gasteiger partial charge >= 0.3 is 0 Å². The van der Waals surface area contributed by atoms with Gasteiger partial charge in [-0.1, -0.05) is 44.0 Å². The van der Waals surface area contributed by atoms with Crippen molar-refractivity contribution in [2.75, 3.05) is 0 Å². The molecule has 0 spiro atoms. The van der Waals surface area contributed by atoms with Gasteiger partial charge in [0.2, 0.25) is 0 Å². The van der Waals surface area contributed by atoms with Crippen LogP contribution < -0.4 is 0 Å². The molecule has 0 radical (unpaired) electrons. The van der Waals surface area contributed by atoms with Gasteiger partial charge in [-0.3, -0.25) is 0 Å². The van der Waals surface area contributed by atoms with Gasteiger partial charge in [-0.15, -0.1) is 0 Å². The normalized spacial score (nSPS) is 12.7. The van der Waals surface area contributed by atoms with Gasteiger partial charge in [0.15, 0.2) is 0 Å². The average molecular weight is 344 g/mol. The number of benzene rings is 1. The number of aryl methyl sites for hydroxylation is 1. The number of alkyl halides is 1. The smallest absolute Gasteiger partial charge is 0.120 e. The van der Waals surface area contributed by atoms with Gasteiger partial charge in [-0.25, -0.2) is 0 Å². The first-order chi connectivity index (χ1) is 7.66. The van der Waals surface area contributed by atoms with Crippen LogP contribution in [0.15, 0.2) is 45.5 Å². The molecule has 1 aromatic heterocycles. The minimum atomic E-state index is 0.233. The Morgan fingerprint density at radius 3 is 2.75 bits per heavy atom. The molecule has 0 bridgehead atoms. The van der Waals surface area contributed by atoms with Crippen molar-refractivity contribution < 1.29 is 4.42 Å². The first-order valence-corrected chi connectivity index (χ1v) is 6.80. The van der Waals surface area contributed by atoms with Crippen LogP contribution in [0.5, 0.6) is 0 Å². The summed E-state index contributed by atoms with van der Waals surface area (Å²) in [6.07, 6.45) is 2.66. The van der Waals surface area contributed by atoms with E-state index in [-0.39, 0.29) is 4.83 Å². The van der Waals surface area contributed by atoms with E-state index in [1.807, 2.05) is 18.2 Å². The van der Waals surface area contributed by atoms with Crippen molar-refractivity contribution >= 4 is 31.9 Å². The minimum Gasteiger partial charge on any atom is -0.468 e. The Hall–Kier alpha value is -0.540. The van der Waals surface area contributed by atoms with Crippen molar-refractivity contribution in [3.63, 3.8) is 0 Å². The van der Waals surface area contributed by atoms with Crippen molar-refractivity contribution in [1.29, 1.82) is 0 Å². The summed E-state index contributed by atoms with van der Waals surface area (Å²) in [4.78, 5) is 0.233. The highest BCUT2D eigenvalue weighted by atomic mass is 79.9. The molecule has 1 unspecified atom stereocenters. The maximum atomic E-state index is 5.47. The lowest BCUT2D eigenvalue weighted by Crippen LogP contribution is -1.95. The first kappa shape index (κ1) is 11.9. The zero-order valence-corrected chi connectivity index (χ0v) is 12.1. The SMILES string of the molecule is Cc1ccoc1C(Br)Cc1cccc(Br)c1.